The van der Waals surface area contributed by atoms with Crippen molar-refractivity contribution in [3.63, 3.8) is 0 Å². The van der Waals surface area contributed by atoms with E-state index in [1.54, 1.807) is 32.3 Å². The van der Waals surface area contributed by atoms with Crippen LogP contribution in [0.15, 0.2) is 77.4 Å². The Bertz CT molecular complexity index is 1310. The monoisotopic (exact) mass is 591 g/mol. The maximum atomic E-state index is 13.9. The number of ketones is 1. The molecular formula is C35H49N3O5. The minimum Gasteiger partial charge on any atom is -0.478 e. The highest BCUT2D eigenvalue weighted by molar-refractivity contribution is 6.09. The van der Waals surface area contributed by atoms with Gasteiger partial charge in [0, 0.05) is 29.2 Å². The largest absolute Gasteiger partial charge is 0.478 e. The molecule has 3 N–H and O–H groups in total. The first kappa shape index (κ1) is 35.4. The Morgan fingerprint density at radius 2 is 1.58 bits per heavy atom. The lowest BCUT2D eigenvalue weighted by atomic mass is 9.75. The third-order valence-electron chi connectivity index (χ3n) is 8.08. The molecule has 1 aromatic rings. The van der Waals surface area contributed by atoms with Crippen molar-refractivity contribution in [1.82, 2.24) is 15.5 Å². The fourth-order valence-electron chi connectivity index (χ4n) is 5.29. The van der Waals surface area contributed by atoms with Crippen LogP contribution in [0, 0.1) is 16.7 Å². The molecule has 43 heavy (non-hydrogen) atoms. The average molecular weight is 592 g/mol. The SMILES string of the molecule is CNC(C(=O)NC(C(=O)N(C)[C@H](/C=C(\C)C(=O)O)C(C)C)C(C)(C)C)C(C)(C)C1=CC=C(C(=O)c2ccccc2)CC=C1. The quantitative estimate of drug-likeness (QED) is 0.223. The van der Waals surface area contributed by atoms with Gasteiger partial charge >= 0.3 is 5.97 Å². The number of nitrogens with one attached hydrogen (secondary N) is 2. The standard InChI is InChI=1S/C35H49N3O5/c1-22(2)27(21-23(3)33(42)43)38(10)32(41)30(34(4,5)6)37-31(40)29(36-9)35(7,8)26-18-14-17-25(19-20-26)28(39)24-15-12-11-13-16-24/h11-16,18-22,27,29-30,36H,17H2,1-10H3,(H,37,40)(H,42,43)/b23-21+/t27-,29?,30?/m1/s1. The summed E-state index contributed by atoms with van der Waals surface area (Å²) in [7, 11) is 3.35. The summed E-state index contributed by atoms with van der Waals surface area (Å²) >= 11 is 0. The Morgan fingerprint density at radius 3 is 2.09 bits per heavy atom. The minimum atomic E-state index is -1.04. The summed E-state index contributed by atoms with van der Waals surface area (Å²) in [6, 6.07) is 7.10. The van der Waals surface area contributed by atoms with Crippen molar-refractivity contribution in [2.24, 2.45) is 16.7 Å². The Balaban J connectivity index is 2.37. The van der Waals surface area contributed by atoms with E-state index >= 15 is 0 Å². The van der Waals surface area contributed by atoms with Crippen LogP contribution in [0.3, 0.4) is 0 Å². The summed E-state index contributed by atoms with van der Waals surface area (Å²) in [4.78, 5) is 53.9. The molecular weight excluding hydrogens is 542 g/mol. The van der Waals surface area contributed by atoms with Gasteiger partial charge in [0.2, 0.25) is 11.8 Å². The molecule has 1 aliphatic rings. The van der Waals surface area contributed by atoms with E-state index in [0.29, 0.717) is 17.6 Å². The predicted molar refractivity (Wildman–Crippen MR) is 171 cm³/mol. The first-order valence-corrected chi connectivity index (χ1v) is 14.8. The molecule has 0 aliphatic heterocycles. The second-order valence-corrected chi connectivity index (χ2v) is 13.2. The van der Waals surface area contributed by atoms with E-state index < -0.39 is 34.9 Å². The van der Waals surface area contributed by atoms with Gasteiger partial charge in [0.15, 0.2) is 5.78 Å². The van der Waals surface area contributed by atoms with Crippen LogP contribution in [-0.2, 0) is 14.4 Å². The number of carboxylic acid groups (broad SMARTS) is 1. The van der Waals surface area contributed by atoms with Crippen LogP contribution in [-0.4, -0.2) is 65.8 Å². The van der Waals surface area contributed by atoms with E-state index in [0.717, 1.165) is 5.57 Å². The van der Waals surface area contributed by atoms with Gasteiger partial charge in [0.1, 0.15) is 6.04 Å². The summed E-state index contributed by atoms with van der Waals surface area (Å²) < 4.78 is 0. The van der Waals surface area contributed by atoms with Crippen LogP contribution in [0.2, 0.25) is 0 Å². The van der Waals surface area contributed by atoms with Gasteiger partial charge in [-0.15, -0.1) is 0 Å². The number of benzene rings is 1. The van der Waals surface area contributed by atoms with Crippen molar-refractivity contribution < 1.29 is 24.3 Å². The van der Waals surface area contributed by atoms with Crippen LogP contribution in [0.5, 0.6) is 0 Å². The molecule has 0 heterocycles. The summed E-state index contributed by atoms with van der Waals surface area (Å²) in [5, 5.41) is 15.6. The van der Waals surface area contributed by atoms with E-state index in [1.165, 1.54) is 11.8 Å². The topological polar surface area (TPSA) is 116 Å². The molecule has 8 nitrogen and oxygen atoms in total. The van der Waals surface area contributed by atoms with E-state index in [2.05, 4.69) is 10.6 Å². The van der Waals surface area contributed by atoms with E-state index in [1.807, 2.05) is 91.0 Å². The van der Waals surface area contributed by atoms with Gasteiger partial charge in [-0.05, 0) is 37.3 Å². The number of amides is 2. The van der Waals surface area contributed by atoms with Crippen LogP contribution >= 0.6 is 0 Å². The van der Waals surface area contributed by atoms with Crippen LogP contribution < -0.4 is 10.6 Å². The Morgan fingerprint density at radius 1 is 0.977 bits per heavy atom. The molecule has 1 aromatic carbocycles. The van der Waals surface area contributed by atoms with Crippen molar-refractivity contribution in [3.05, 3.63) is 83.0 Å². The number of carboxylic acids is 1. The number of aliphatic carboxylic acids is 1. The van der Waals surface area contributed by atoms with Crippen molar-refractivity contribution in [1.29, 1.82) is 0 Å². The molecule has 2 unspecified atom stereocenters. The maximum absolute atomic E-state index is 13.9. The Labute approximate surface area is 257 Å². The van der Waals surface area contributed by atoms with Crippen molar-refractivity contribution in [2.75, 3.05) is 14.1 Å². The molecule has 3 atom stereocenters. The second kappa shape index (κ2) is 14.6. The molecule has 8 heteroatoms. The highest BCUT2D eigenvalue weighted by atomic mass is 16.4. The number of carbonyl (C=O) groups excluding carboxylic acids is 3. The van der Waals surface area contributed by atoms with Gasteiger partial charge in [-0.1, -0.05) is 109 Å². The Hall–Kier alpha value is -3.78. The second-order valence-electron chi connectivity index (χ2n) is 13.2. The molecule has 0 spiro atoms. The first-order chi connectivity index (χ1) is 19.9. The smallest absolute Gasteiger partial charge is 0.331 e. The van der Waals surface area contributed by atoms with Gasteiger partial charge in [-0.3, -0.25) is 14.4 Å². The molecule has 0 aromatic heterocycles. The van der Waals surface area contributed by atoms with Crippen molar-refractivity contribution >= 4 is 23.6 Å². The summed E-state index contributed by atoms with van der Waals surface area (Å²) in [6.45, 7) is 14.9. The zero-order chi connectivity index (χ0) is 32.7. The number of rotatable bonds is 12. The fourth-order valence-corrected chi connectivity index (χ4v) is 5.29. The van der Waals surface area contributed by atoms with Crippen molar-refractivity contribution in [3.8, 4) is 0 Å². The van der Waals surface area contributed by atoms with Crippen LogP contribution in [0.4, 0.5) is 0 Å². The normalized spacial score (nSPS) is 16.4. The number of likely N-dealkylation sites (N-methyl/N-ethyl adjacent to an activating group) is 2. The number of allylic oxidation sites excluding steroid dienone is 5. The van der Waals surface area contributed by atoms with E-state index in [-0.39, 0.29) is 29.1 Å². The molecule has 0 saturated heterocycles. The van der Waals surface area contributed by atoms with Gasteiger partial charge in [0.25, 0.3) is 0 Å². The number of hydrogen-bond donors (Lipinski definition) is 3. The summed E-state index contributed by atoms with van der Waals surface area (Å²) in [5.74, 6) is -1.77. The number of nitrogens with zero attached hydrogens (tertiary/aromatic N) is 1. The molecule has 2 rings (SSSR count). The zero-order valence-electron chi connectivity index (χ0n) is 27.3. The molecule has 234 valence electrons. The predicted octanol–water partition coefficient (Wildman–Crippen LogP) is 5.34. The van der Waals surface area contributed by atoms with Gasteiger partial charge in [-0.2, -0.15) is 0 Å². The van der Waals surface area contributed by atoms with Crippen LogP contribution in [0.1, 0.15) is 72.2 Å². The lowest BCUT2D eigenvalue weighted by molar-refractivity contribution is -0.141. The highest BCUT2D eigenvalue weighted by Gasteiger charge is 2.42. The molecule has 0 radical (unpaired) electrons. The third-order valence-corrected chi connectivity index (χ3v) is 8.08. The van der Waals surface area contributed by atoms with E-state index in [9.17, 15) is 24.3 Å². The van der Waals surface area contributed by atoms with Gasteiger partial charge in [-0.25, -0.2) is 4.79 Å². The number of hydrogen-bond acceptors (Lipinski definition) is 5. The third kappa shape index (κ3) is 8.86. The average Bonchev–Trinajstić information content (AvgIpc) is 3.20. The lowest BCUT2D eigenvalue weighted by Crippen LogP contribution is -2.61. The van der Waals surface area contributed by atoms with Gasteiger partial charge < -0.3 is 20.6 Å². The van der Waals surface area contributed by atoms with Crippen molar-refractivity contribution in [2.45, 2.75) is 79.9 Å². The summed E-state index contributed by atoms with van der Waals surface area (Å²) in [6.07, 6.45) is 9.66. The highest BCUT2D eigenvalue weighted by Crippen LogP contribution is 2.34. The molecule has 1 aliphatic carbocycles. The first-order valence-electron chi connectivity index (χ1n) is 14.8. The lowest BCUT2D eigenvalue weighted by Gasteiger charge is -2.40. The van der Waals surface area contributed by atoms with Gasteiger partial charge in [0.05, 0.1) is 12.1 Å². The molecule has 0 saturated carbocycles. The Kier molecular flexibility index (Phi) is 12.0. The maximum Gasteiger partial charge on any atom is 0.331 e. The molecule has 0 fully saturated rings. The molecule has 2 amide bonds. The van der Waals surface area contributed by atoms with Crippen LogP contribution in [0.25, 0.3) is 0 Å². The zero-order valence-corrected chi connectivity index (χ0v) is 27.3. The number of Topliss-reactive ketones (excluding diaryl/α,β-unsaturated/α-hetero) is 1. The summed E-state index contributed by atoms with van der Waals surface area (Å²) in [5.41, 5.74) is 0.958. The molecule has 0 bridgehead atoms. The number of carbonyl (C=O) groups is 4. The minimum absolute atomic E-state index is 0.0350. The fraction of sp³-hybridized carbons (Fsp3) is 0.486. The van der Waals surface area contributed by atoms with E-state index in [4.69, 9.17) is 0 Å².